The van der Waals surface area contributed by atoms with Crippen LogP contribution in [0.25, 0.3) is 0 Å². The van der Waals surface area contributed by atoms with Crippen LogP contribution in [-0.4, -0.2) is 72.2 Å². The minimum atomic E-state index is -1.55. The first-order valence-corrected chi connectivity index (χ1v) is 17.1. The van der Waals surface area contributed by atoms with Gasteiger partial charge in [0.2, 0.25) is 11.8 Å². The Labute approximate surface area is 302 Å². The monoisotopic (exact) mass is 733 g/mol. The molecule has 2 aliphatic heterocycles. The van der Waals surface area contributed by atoms with Crippen LogP contribution in [0.3, 0.4) is 0 Å². The van der Waals surface area contributed by atoms with Gasteiger partial charge in [0.05, 0.1) is 54.7 Å². The molecule has 6 atom stereocenters. The van der Waals surface area contributed by atoms with Crippen molar-refractivity contribution in [2.45, 2.75) is 24.2 Å². The van der Waals surface area contributed by atoms with E-state index in [1.165, 1.54) is 13.2 Å². The molecule has 2 heterocycles. The maximum absolute atomic E-state index is 15.3. The number of allylic oxidation sites excluding steroid dienone is 2. The van der Waals surface area contributed by atoms with Gasteiger partial charge in [0.1, 0.15) is 18.1 Å². The summed E-state index contributed by atoms with van der Waals surface area (Å²) in [4.78, 5) is 70.6. The lowest BCUT2D eigenvalue weighted by Gasteiger charge is -2.50. The molecule has 2 aliphatic carbocycles. The van der Waals surface area contributed by atoms with Crippen LogP contribution in [0.15, 0.2) is 78.4 Å². The molecule has 0 spiro atoms. The number of carbonyl (C=O) groups is 5. The number of nitrogens with zero attached hydrogens (tertiary/aromatic N) is 2. The standard InChI is InChI=1S/C37H33Cl2N3O9/c1-49-22-10-5-20(6-11-22)37-27(33(45)42(35(37)47)40-29-14-7-21(38)17-28(29)39)18-26-24(31(37)19-3-8-23(9-4-19)51-16-15-43)12-13-25-30(26)34(46)41(32(25)44)36(48)50-2/h3-12,14,17,25-27,30-31,40,43H,13,15-16,18H2,1-2H3/t25-,26+,27-,30-,31-,37+/m0/s1. The molecule has 264 valence electrons. The molecule has 5 amide bonds. The summed E-state index contributed by atoms with van der Waals surface area (Å²) in [5, 5.41) is 10.8. The summed E-state index contributed by atoms with van der Waals surface area (Å²) in [6.07, 6.45) is 0.973. The lowest BCUT2D eigenvalue weighted by Crippen LogP contribution is -2.53. The summed E-state index contributed by atoms with van der Waals surface area (Å²) in [7, 11) is 2.62. The first kappa shape index (κ1) is 34.5. The predicted octanol–water partition coefficient (Wildman–Crippen LogP) is 5.12. The van der Waals surface area contributed by atoms with Crippen LogP contribution in [-0.2, 0) is 29.3 Å². The van der Waals surface area contributed by atoms with E-state index in [2.05, 4.69) is 5.43 Å². The molecule has 4 aliphatic rings. The highest BCUT2D eigenvalue weighted by Gasteiger charge is 2.70. The lowest BCUT2D eigenvalue weighted by atomic mass is 9.49. The molecule has 12 nitrogen and oxygen atoms in total. The highest BCUT2D eigenvalue weighted by molar-refractivity contribution is 6.36. The summed E-state index contributed by atoms with van der Waals surface area (Å²) >= 11 is 12.6. The Kier molecular flexibility index (Phi) is 9.03. The highest BCUT2D eigenvalue weighted by Crippen LogP contribution is 2.64. The van der Waals surface area contributed by atoms with Crippen molar-refractivity contribution in [2.75, 3.05) is 32.9 Å². The molecule has 3 fully saturated rings. The van der Waals surface area contributed by atoms with Crippen LogP contribution < -0.4 is 14.9 Å². The molecular weight excluding hydrogens is 701 g/mol. The summed E-state index contributed by atoms with van der Waals surface area (Å²) in [6, 6.07) is 18.6. The van der Waals surface area contributed by atoms with E-state index in [1.54, 1.807) is 60.7 Å². The number of rotatable bonds is 8. The largest absolute Gasteiger partial charge is 0.497 e. The van der Waals surface area contributed by atoms with Gasteiger partial charge < -0.3 is 19.3 Å². The number of anilines is 1. The third kappa shape index (κ3) is 5.35. The van der Waals surface area contributed by atoms with E-state index in [-0.39, 0.29) is 36.8 Å². The molecule has 0 aromatic heterocycles. The molecule has 1 saturated carbocycles. The number of hydrogen-bond donors (Lipinski definition) is 2. The van der Waals surface area contributed by atoms with Crippen molar-refractivity contribution in [3.05, 3.63) is 99.6 Å². The number of aliphatic hydroxyl groups excluding tert-OH is 1. The Bertz CT molecular complexity index is 1970. The van der Waals surface area contributed by atoms with Gasteiger partial charge in [0.15, 0.2) is 0 Å². The average molecular weight is 735 g/mol. The van der Waals surface area contributed by atoms with E-state index < -0.39 is 64.7 Å². The fraction of sp³-hybridized carbons (Fsp3) is 0.324. The first-order valence-electron chi connectivity index (χ1n) is 16.3. The van der Waals surface area contributed by atoms with Crippen LogP contribution in [0.1, 0.15) is 29.9 Å². The van der Waals surface area contributed by atoms with Crippen molar-refractivity contribution in [3.63, 3.8) is 0 Å². The number of hydrazine groups is 1. The Morgan fingerprint density at radius 1 is 0.922 bits per heavy atom. The summed E-state index contributed by atoms with van der Waals surface area (Å²) in [6.45, 7) is -0.110. The smallest absolute Gasteiger partial charge is 0.423 e. The number of nitrogens with one attached hydrogen (secondary N) is 1. The second kappa shape index (κ2) is 13.3. The second-order valence-corrected chi connectivity index (χ2v) is 13.7. The topological polar surface area (TPSA) is 152 Å². The molecule has 0 unspecified atom stereocenters. The van der Waals surface area contributed by atoms with Gasteiger partial charge in [0, 0.05) is 10.9 Å². The van der Waals surface area contributed by atoms with Crippen molar-refractivity contribution in [1.82, 2.24) is 9.91 Å². The minimum absolute atomic E-state index is 0.0262. The predicted molar refractivity (Wildman–Crippen MR) is 184 cm³/mol. The molecule has 3 aromatic carbocycles. The number of amides is 5. The van der Waals surface area contributed by atoms with Crippen molar-refractivity contribution >= 4 is 58.6 Å². The van der Waals surface area contributed by atoms with Gasteiger partial charge in [-0.3, -0.25) is 24.6 Å². The molecule has 51 heavy (non-hydrogen) atoms. The van der Waals surface area contributed by atoms with Gasteiger partial charge in [-0.05, 0) is 72.4 Å². The van der Waals surface area contributed by atoms with Crippen molar-refractivity contribution in [3.8, 4) is 11.5 Å². The van der Waals surface area contributed by atoms with Crippen LogP contribution >= 0.6 is 23.2 Å². The number of imide groups is 4. The SMILES string of the molecule is COC(=O)N1C(=O)[C@H]2[C@H](CC=C3[C@H]2C[C@H]2C(=O)N(Nc4ccc(Cl)cc4Cl)C(=O)[C@@]2(c2ccc(OC)cc2)[C@H]3c2ccc(OCCO)cc2)C1=O. The number of ether oxygens (including phenoxy) is 3. The Morgan fingerprint density at radius 2 is 1.63 bits per heavy atom. The van der Waals surface area contributed by atoms with Crippen LogP contribution in [0.4, 0.5) is 10.5 Å². The van der Waals surface area contributed by atoms with Crippen molar-refractivity contribution < 1.29 is 43.3 Å². The molecule has 2 saturated heterocycles. The number of carbonyl (C=O) groups excluding carboxylic acids is 5. The molecule has 3 aromatic rings. The molecule has 0 radical (unpaired) electrons. The van der Waals surface area contributed by atoms with E-state index >= 15 is 4.79 Å². The van der Waals surface area contributed by atoms with Crippen molar-refractivity contribution in [2.24, 2.45) is 23.7 Å². The van der Waals surface area contributed by atoms with E-state index in [0.717, 1.165) is 12.1 Å². The maximum atomic E-state index is 15.3. The molecule has 2 N–H and O–H groups in total. The summed E-state index contributed by atoms with van der Waals surface area (Å²) in [5.74, 6) is -5.79. The van der Waals surface area contributed by atoms with E-state index in [1.807, 2.05) is 6.08 Å². The van der Waals surface area contributed by atoms with E-state index in [0.29, 0.717) is 38.1 Å². The van der Waals surface area contributed by atoms with E-state index in [9.17, 15) is 24.3 Å². The third-order valence-electron chi connectivity index (χ3n) is 10.5. The van der Waals surface area contributed by atoms with Gasteiger partial charge in [-0.15, -0.1) is 0 Å². The number of likely N-dealkylation sites (tertiary alicyclic amines) is 1. The molecule has 7 rings (SSSR count). The molecular formula is C37H33Cl2N3O9. The quantitative estimate of drug-likeness (QED) is 0.236. The normalized spacial score (nSPS) is 26.7. The van der Waals surface area contributed by atoms with Gasteiger partial charge in [-0.2, -0.15) is 9.91 Å². The van der Waals surface area contributed by atoms with Gasteiger partial charge >= 0.3 is 6.09 Å². The minimum Gasteiger partial charge on any atom is -0.497 e. The zero-order chi connectivity index (χ0) is 36.2. The Hall–Kier alpha value is -4.91. The van der Waals surface area contributed by atoms with Crippen LogP contribution in [0, 0.1) is 23.7 Å². The Balaban J connectivity index is 1.44. The second-order valence-electron chi connectivity index (χ2n) is 12.8. The average Bonchev–Trinajstić information content (AvgIpc) is 3.52. The third-order valence-corrected chi connectivity index (χ3v) is 11.1. The van der Waals surface area contributed by atoms with Gasteiger partial charge in [-0.25, -0.2) is 4.79 Å². The summed E-state index contributed by atoms with van der Waals surface area (Å²) in [5.41, 5.74) is 3.56. The van der Waals surface area contributed by atoms with Gasteiger partial charge in [0.25, 0.3) is 11.8 Å². The van der Waals surface area contributed by atoms with Gasteiger partial charge in [-0.1, -0.05) is 59.1 Å². The summed E-state index contributed by atoms with van der Waals surface area (Å²) < 4.78 is 15.8. The highest BCUT2D eigenvalue weighted by atomic mass is 35.5. The zero-order valence-corrected chi connectivity index (χ0v) is 29.0. The number of halogens is 2. The number of aliphatic hydroxyl groups is 1. The number of benzene rings is 3. The fourth-order valence-corrected chi connectivity index (χ4v) is 8.86. The lowest BCUT2D eigenvalue weighted by molar-refractivity contribution is -0.140. The van der Waals surface area contributed by atoms with Crippen LogP contribution in [0.2, 0.25) is 10.0 Å². The number of fused-ring (bicyclic) bond motifs is 4. The van der Waals surface area contributed by atoms with E-state index in [4.69, 9.17) is 37.4 Å². The number of hydrogen-bond acceptors (Lipinski definition) is 10. The zero-order valence-electron chi connectivity index (χ0n) is 27.5. The van der Waals surface area contributed by atoms with Crippen LogP contribution in [0.5, 0.6) is 11.5 Å². The molecule has 0 bridgehead atoms. The number of methoxy groups -OCH3 is 2. The fourth-order valence-electron chi connectivity index (χ4n) is 8.41. The molecule has 14 heteroatoms. The van der Waals surface area contributed by atoms with Crippen molar-refractivity contribution in [1.29, 1.82) is 0 Å². The maximum Gasteiger partial charge on any atom is 0.423 e. The Morgan fingerprint density at radius 3 is 2.27 bits per heavy atom. The first-order chi connectivity index (χ1) is 24.6.